The van der Waals surface area contributed by atoms with Crippen LogP contribution in [0.2, 0.25) is 0 Å². The zero-order chi connectivity index (χ0) is 14.7. The number of halogens is 1. The molecule has 3 aromatic rings. The van der Waals surface area contributed by atoms with Crippen molar-refractivity contribution in [3.8, 4) is 0 Å². The molecule has 3 rings (SSSR count). The molecular formula is C14H14FN5O. The van der Waals surface area contributed by atoms with Gasteiger partial charge in [-0.1, -0.05) is 23.4 Å². The van der Waals surface area contributed by atoms with Crippen LogP contribution in [0.5, 0.6) is 0 Å². The minimum Gasteiger partial charge on any atom is -0.348 e. The number of imidazole rings is 1. The third kappa shape index (κ3) is 3.14. The Labute approximate surface area is 120 Å². The van der Waals surface area contributed by atoms with Crippen LogP contribution in [-0.4, -0.2) is 20.1 Å². The second-order valence-electron chi connectivity index (χ2n) is 4.70. The smallest absolute Gasteiger partial charge is 0.243 e. The third-order valence-electron chi connectivity index (χ3n) is 3.10. The maximum absolute atomic E-state index is 13.6. The Morgan fingerprint density at radius 3 is 2.95 bits per heavy atom. The van der Waals surface area contributed by atoms with E-state index in [2.05, 4.69) is 20.1 Å². The van der Waals surface area contributed by atoms with E-state index in [9.17, 15) is 4.39 Å². The molecule has 0 aliphatic heterocycles. The lowest BCUT2D eigenvalue weighted by molar-refractivity contribution is 0.350. The highest BCUT2D eigenvalue weighted by atomic mass is 19.1. The Kier molecular flexibility index (Phi) is 3.74. The molecular weight excluding hydrogens is 273 g/mol. The van der Waals surface area contributed by atoms with E-state index in [4.69, 9.17) is 10.3 Å². The minimum absolute atomic E-state index is 0.271. The van der Waals surface area contributed by atoms with Crippen LogP contribution in [-0.2, 0) is 12.8 Å². The number of nitrogens with two attached hydrogens (primary N) is 1. The van der Waals surface area contributed by atoms with Crippen LogP contribution in [0.15, 0.2) is 41.3 Å². The Bertz CT molecular complexity index is 710. The fourth-order valence-electron chi connectivity index (χ4n) is 2.02. The standard InChI is InChI=1S/C14H14FN5O/c15-11-4-2-1-3-9(11)5-13-19-14(21-20-13)12(16)6-10-7-17-8-18-10/h1-4,7-8,12H,5-6,16H2,(H,17,18)/t12-/m1/s1. The Hall–Kier alpha value is -2.54. The first-order chi connectivity index (χ1) is 10.2. The summed E-state index contributed by atoms with van der Waals surface area (Å²) in [7, 11) is 0. The molecule has 0 saturated heterocycles. The fourth-order valence-corrected chi connectivity index (χ4v) is 2.02. The summed E-state index contributed by atoms with van der Waals surface area (Å²) in [5.41, 5.74) is 7.41. The van der Waals surface area contributed by atoms with Crippen LogP contribution >= 0.6 is 0 Å². The monoisotopic (exact) mass is 287 g/mol. The van der Waals surface area contributed by atoms with Gasteiger partial charge in [0.05, 0.1) is 12.4 Å². The van der Waals surface area contributed by atoms with Crippen LogP contribution < -0.4 is 5.73 Å². The molecule has 2 heterocycles. The normalized spacial score (nSPS) is 12.5. The molecule has 21 heavy (non-hydrogen) atoms. The molecule has 2 aromatic heterocycles. The van der Waals surface area contributed by atoms with E-state index in [1.54, 1.807) is 30.7 Å². The van der Waals surface area contributed by atoms with Gasteiger partial charge in [0.2, 0.25) is 5.89 Å². The summed E-state index contributed by atoms with van der Waals surface area (Å²) < 4.78 is 18.7. The zero-order valence-corrected chi connectivity index (χ0v) is 11.2. The molecule has 0 amide bonds. The first-order valence-corrected chi connectivity index (χ1v) is 6.51. The molecule has 0 unspecified atom stereocenters. The van der Waals surface area contributed by atoms with Crippen molar-refractivity contribution in [2.45, 2.75) is 18.9 Å². The molecule has 1 aromatic carbocycles. The average molecular weight is 287 g/mol. The van der Waals surface area contributed by atoms with E-state index in [0.717, 1.165) is 5.69 Å². The molecule has 0 spiro atoms. The lowest BCUT2D eigenvalue weighted by Gasteiger charge is -2.03. The Morgan fingerprint density at radius 1 is 1.33 bits per heavy atom. The van der Waals surface area contributed by atoms with Gasteiger partial charge in [0.25, 0.3) is 0 Å². The predicted molar refractivity (Wildman–Crippen MR) is 72.7 cm³/mol. The summed E-state index contributed by atoms with van der Waals surface area (Å²) in [6.45, 7) is 0. The first kappa shape index (κ1) is 13.4. The largest absolute Gasteiger partial charge is 0.348 e. The lowest BCUT2D eigenvalue weighted by atomic mass is 10.1. The number of benzene rings is 1. The van der Waals surface area contributed by atoms with Crippen molar-refractivity contribution in [1.82, 2.24) is 20.1 Å². The van der Waals surface area contributed by atoms with Gasteiger partial charge in [-0.2, -0.15) is 4.98 Å². The molecule has 0 radical (unpaired) electrons. The SMILES string of the molecule is N[C@H](Cc1cnc[nH]1)c1nc(Cc2ccccc2F)no1. The summed E-state index contributed by atoms with van der Waals surface area (Å²) in [5, 5.41) is 3.84. The van der Waals surface area contributed by atoms with Crippen molar-refractivity contribution in [3.05, 3.63) is 65.6 Å². The van der Waals surface area contributed by atoms with Gasteiger partial charge >= 0.3 is 0 Å². The molecule has 7 heteroatoms. The number of nitrogens with zero attached hydrogens (tertiary/aromatic N) is 3. The van der Waals surface area contributed by atoms with Crippen molar-refractivity contribution in [2.24, 2.45) is 5.73 Å². The van der Waals surface area contributed by atoms with Gasteiger partial charge in [-0.05, 0) is 11.6 Å². The van der Waals surface area contributed by atoms with Crippen LogP contribution in [0.4, 0.5) is 4.39 Å². The van der Waals surface area contributed by atoms with Crippen molar-refractivity contribution >= 4 is 0 Å². The van der Waals surface area contributed by atoms with Gasteiger partial charge in [0.15, 0.2) is 5.82 Å². The van der Waals surface area contributed by atoms with E-state index < -0.39 is 6.04 Å². The molecule has 0 bridgehead atoms. The Morgan fingerprint density at radius 2 is 2.19 bits per heavy atom. The van der Waals surface area contributed by atoms with Crippen molar-refractivity contribution in [2.75, 3.05) is 0 Å². The van der Waals surface area contributed by atoms with E-state index >= 15 is 0 Å². The van der Waals surface area contributed by atoms with E-state index in [1.165, 1.54) is 6.07 Å². The maximum atomic E-state index is 13.6. The second-order valence-corrected chi connectivity index (χ2v) is 4.70. The number of aromatic nitrogens is 4. The van der Waals surface area contributed by atoms with Gasteiger partial charge in [0.1, 0.15) is 5.82 Å². The molecule has 1 atom stereocenters. The average Bonchev–Trinajstić information content (AvgIpc) is 3.13. The Balaban J connectivity index is 1.70. The molecule has 108 valence electrons. The number of rotatable bonds is 5. The van der Waals surface area contributed by atoms with Gasteiger partial charge in [0, 0.05) is 24.7 Å². The number of hydrogen-bond acceptors (Lipinski definition) is 5. The van der Waals surface area contributed by atoms with Gasteiger partial charge in [-0.3, -0.25) is 0 Å². The first-order valence-electron chi connectivity index (χ1n) is 6.51. The van der Waals surface area contributed by atoms with Crippen molar-refractivity contribution in [3.63, 3.8) is 0 Å². The number of hydrogen-bond donors (Lipinski definition) is 2. The fraction of sp³-hybridized carbons (Fsp3) is 0.214. The summed E-state index contributed by atoms with van der Waals surface area (Å²) in [5.74, 6) is 0.455. The molecule has 0 fully saturated rings. The number of H-pyrrole nitrogens is 1. The molecule has 0 saturated carbocycles. The molecule has 3 N–H and O–H groups in total. The van der Waals surface area contributed by atoms with Crippen LogP contribution in [0.1, 0.15) is 29.0 Å². The van der Waals surface area contributed by atoms with Crippen LogP contribution in [0.25, 0.3) is 0 Å². The molecule has 0 aliphatic rings. The number of aromatic amines is 1. The quantitative estimate of drug-likeness (QED) is 0.745. The maximum Gasteiger partial charge on any atom is 0.243 e. The summed E-state index contributed by atoms with van der Waals surface area (Å²) in [6.07, 6.45) is 4.06. The van der Waals surface area contributed by atoms with Crippen LogP contribution in [0.3, 0.4) is 0 Å². The summed E-state index contributed by atoms with van der Waals surface area (Å²) in [4.78, 5) is 11.1. The topological polar surface area (TPSA) is 93.6 Å². The highest BCUT2D eigenvalue weighted by Gasteiger charge is 2.16. The zero-order valence-electron chi connectivity index (χ0n) is 11.2. The van der Waals surface area contributed by atoms with Gasteiger partial charge in [-0.25, -0.2) is 9.37 Å². The molecule has 0 aliphatic carbocycles. The van der Waals surface area contributed by atoms with E-state index in [0.29, 0.717) is 23.7 Å². The van der Waals surface area contributed by atoms with E-state index in [-0.39, 0.29) is 12.2 Å². The van der Waals surface area contributed by atoms with E-state index in [1.807, 2.05) is 0 Å². The second kappa shape index (κ2) is 5.84. The number of nitrogens with one attached hydrogen (secondary N) is 1. The predicted octanol–water partition coefficient (Wildman–Crippen LogP) is 1.77. The van der Waals surface area contributed by atoms with Crippen molar-refractivity contribution < 1.29 is 8.91 Å². The highest BCUT2D eigenvalue weighted by Crippen LogP contribution is 2.15. The summed E-state index contributed by atoms with van der Waals surface area (Å²) >= 11 is 0. The highest BCUT2D eigenvalue weighted by molar-refractivity contribution is 5.20. The van der Waals surface area contributed by atoms with Crippen molar-refractivity contribution in [1.29, 1.82) is 0 Å². The third-order valence-corrected chi connectivity index (χ3v) is 3.10. The lowest BCUT2D eigenvalue weighted by Crippen LogP contribution is -2.14. The van der Waals surface area contributed by atoms with Gasteiger partial charge < -0.3 is 15.2 Å². The summed E-state index contributed by atoms with van der Waals surface area (Å²) in [6, 6.07) is 6.08. The minimum atomic E-state index is -0.424. The molecule has 6 nitrogen and oxygen atoms in total. The van der Waals surface area contributed by atoms with Gasteiger partial charge in [-0.15, -0.1) is 0 Å². The van der Waals surface area contributed by atoms with Crippen LogP contribution in [0, 0.1) is 5.82 Å².